The van der Waals surface area contributed by atoms with Crippen LogP contribution in [0.1, 0.15) is 46.8 Å². The number of halogens is 2. The van der Waals surface area contributed by atoms with Crippen molar-refractivity contribution in [2.45, 2.75) is 25.3 Å². The van der Waals surface area contributed by atoms with Crippen molar-refractivity contribution in [1.82, 2.24) is 5.01 Å². The molecule has 4 nitrogen and oxygen atoms in total. The zero-order chi connectivity index (χ0) is 23.7. The van der Waals surface area contributed by atoms with E-state index in [1.54, 1.807) is 24.3 Å². The third-order valence-electron chi connectivity index (χ3n) is 6.47. The van der Waals surface area contributed by atoms with Gasteiger partial charge in [-0.1, -0.05) is 56.1 Å². The normalized spacial score (nSPS) is 20.7. The smallest absolute Gasteiger partial charge is 0.274 e. The van der Waals surface area contributed by atoms with Crippen LogP contribution < -0.4 is 4.74 Å². The maximum absolute atomic E-state index is 13.7. The van der Waals surface area contributed by atoms with Crippen LogP contribution in [0.15, 0.2) is 92.4 Å². The summed E-state index contributed by atoms with van der Waals surface area (Å²) in [5.74, 6) is 0.793. The van der Waals surface area contributed by atoms with Gasteiger partial charge in [-0.2, -0.15) is 5.10 Å². The number of carbonyl (C=O) groups is 1. The molecule has 1 amide bonds. The van der Waals surface area contributed by atoms with Gasteiger partial charge < -0.3 is 4.74 Å². The van der Waals surface area contributed by atoms with Crippen molar-refractivity contribution in [3.05, 3.63) is 104 Å². The molecule has 1 aliphatic heterocycles. The molecule has 2 unspecified atom stereocenters. The quantitative estimate of drug-likeness (QED) is 0.318. The molecule has 0 aromatic heterocycles. The molecule has 6 heteroatoms. The summed E-state index contributed by atoms with van der Waals surface area (Å²) < 4.78 is 7.34. The largest absolute Gasteiger partial charge is 0.497 e. The Kier molecular flexibility index (Phi) is 6.70. The minimum atomic E-state index is -0.133. The van der Waals surface area contributed by atoms with Crippen molar-refractivity contribution in [3.8, 4) is 5.75 Å². The first-order valence-corrected chi connectivity index (χ1v) is 12.9. The Bertz CT molecular complexity index is 1250. The van der Waals surface area contributed by atoms with Crippen molar-refractivity contribution in [2.24, 2.45) is 11.0 Å². The molecule has 0 spiro atoms. The summed E-state index contributed by atoms with van der Waals surface area (Å²) in [6.07, 6.45) is 5.26. The molecule has 1 aliphatic carbocycles. The minimum absolute atomic E-state index is 0.0968. The molecule has 0 bridgehead atoms. The SMILES string of the molecule is COc1ccc(C(=O)N2N=C3C(=Cc4ccc(Br)cc4)CCCC3C2c2ccc(Br)cc2)cc1. The van der Waals surface area contributed by atoms with E-state index in [2.05, 4.69) is 62.2 Å². The van der Waals surface area contributed by atoms with Gasteiger partial charge in [0.1, 0.15) is 5.75 Å². The lowest BCUT2D eigenvalue weighted by molar-refractivity contribution is 0.0681. The van der Waals surface area contributed by atoms with E-state index in [9.17, 15) is 4.79 Å². The van der Waals surface area contributed by atoms with Gasteiger partial charge in [0.15, 0.2) is 0 Å². The Hall–Kier alpha value is -2.70. The number of fused-ring (bicyclic) bond motifs is 1. The lowest BCUT2D eigenvalue weighted by Crippen LogP contribution is -2.31. The van der Waals surface area contributed by atoms with Crippen LogP contribution in [0.25, 0.3) is 6.08 Å². The number of carbonyl (C=O) groups excluding carboxylic acids is 1. The van der Waals surface area contributed by atoms with E-state index in [0.717, 1.165) is 50.8 Å². The van der Waals surface area contributed by atoms with E-state index < -0.39 is 0 Å². The summed E-state index contributed by atoms with van der Waals surface area (Å²) >= 11 is 7.05. The zero-order valence-electron chi connectivity index (χ0n) is 18.7. The van der Waals surface area contributed by atoms with Gasteiger partial charge in [0.2, 0.25) is 0 Å². The van der Waals surface area contributed by atoms with Crippen molar-refractivity contribution >= 4 is 49.6 Å². The average molecular weight is 580 g/mol. The Morgan fingerprint density at radius 3 is 2.26 bits per heavy atom. The fraction of sp³-hybridized carbons (Fsp3) is 0.214. The molecule has 0 saturated heterocycles. The molecular formula is C28H24Br2N2O2. The van der Waals surface area contributed by atoms with Gasteiger partial charge in [-0.3, -0.25) is 4.79 Å². The van der Waals surface area contributed by atoms with E-state index >= 15 is 0 Å². The molecule has 0 radical (unpaired) electrons. The van der Waals surface area contributed by atoms with Gasteiger partial charge in [0, 0.05) is 20.4 Å². The second-order valence-electron chi connectivity index (χ2n) is 8.58. The van der Waals surface area contributed by atoms with Crippen LogP contribution in [0.4, 0.5) is 0 Å². The van der Waals surface area contributed by atoms with E-state index in [1.165, 1.54) is 5.57 Å². The van der Waals surface area contributed by atoms with Gasteiger partial charge in [-0.05, 0) is 90.6 Å². The number of methoxy groups -OCH3 is 1. The number of benzene rings is 3. The van der Waals surface area contributed by atoms with E-state index in [-0.39, 0.29) is 17.9 Å². The Labute approximate surface area is 216 Å². The summed E-state index contributed by atoms with van der Waals surface area (Å²) in [6.45, 7) is 0. The molecule has 1 saturated carbocycles. The Balaban J connectivity index is 1.56. The highest BCUT2D eigenvalue weighted by atomic mass is 79.9. The molecular weight excluding hydrogens is 556 g/mol. The van der Waals surface area contributed by atoms with E-state index in [1.807, 2.05) is 36.4 Å². The average Bonchev–Trinajstić information content (AvgIpc) is 3.26. The summed E-state index contributed by atoms with van der Waals surface area (Å²) in [4.78, 5) is 13.7. The van der Waals surface area contributed by atoms with Crippen LogP contribution in [-0.4, -0.2) is 23.7 Å². The Morgan fingerprint density at radius 1 is 0.971 bits per heavy atom. The van der Waals surface area contributed by atoms with E-state index in [4.69, 9.17) is 9.84 Å². The number of nitrogens with zero attached hydrogens (tertiary/aromatic N) is 2. The van der Waals surface area contributed by atoms with Crippen LogP contribution in [0.2, 0.25) is 0 Å². The van der Waals surface area contributed by atoms with Gasteiger partial charge >= 0.3 is 0 Å². The first-order chi connectivity index (χ1) is 16.5. The van der Waals surface area contributed by atoms with Crippen molar-refractivity contribution in [1.29, 1.82) is 0 Å². The highest BCUT2D eigenvalue weighted by Gasteiger charge is 2.43. The predicted octanol–water partition coefficient (Wildman–Crippen LogP) is 7.66. The second kappa shape index (κ2) is 9.88. The molecule has 1 fully saturated rings. The topological polar surface area (TPSA) is 41.9 Å². The monoisotopic (exact) mass is 578 g/mol. The molecule has 2 atom stereocenters. The zero-order valence-corrected chi connectivity index (χ0v) is 21.9. The molecule has 2 aliphatic rings. The van der Waals surface area contributed by atoms with Crippen LogP contribution in [0.3, 0.4) is 0 Å². The Morgan fingerprint density at radius 2 is 1.62 bits per heavy atom. The van der Waals surface area contributed by atoms with Crippen molar-refractivity contribution in [2.75, 3.05) is 7.11 Å². The van der Waals surface area contributed by atoms with Gasteiger partial charge in [-0.25, -0.2) is 5.01 Å². The fourth-order valence-electron chi connectivity index (χ4n) is 4.79. The first kappa shape index (κ1) is 23.1. The van der Waals surface area contributed by atoms with Crippen LogP contribution in [0, 0.1) is 5.92 Å². The van der Waals surface area contributed by atoms with Crippen LogP contribution >= 0.6 is 31.9 Å². The van der Waals surface area contributed by atoms with Crippen LogP contribution in [0.5, 0.6) is 5.75 Å². The number of allylic oxidation sites excluding steroid dienone is 1. The highest BCUT2D eigenvalue weighted by molar-refractivity contribution is 9.10. The van der Waals surface area contributed by atoms with Crippen molar-refractivity contribution < 1.29 is 9.53 Å². The maximum atomic E-state index is 13.7. The van der Waals surface area contributed by atoms with E-state index in [0.29, 0.717) is 5.56 Å². The molecule has 34 heavy (non-hydrogen) atoms. The molecule has 1 heterocycles. The second-order valence-corrected chi connectivity index (χ2v) is 10.4. The van der Waals surface area contributed by atoms with Gasteiger partial charge in [0.25, 0.3) is 5.91 Å². The number of hydrazone groups is 1. The number of amides is 1. The van der Waals surface area contributed by atoms with Gasteiger partial charge in [0.05, 0.1) is 18.9 Å². The lowest BCUT2D eigenvalue weighted by Gasteiger charge is -2.29. The molecule has 3 aromatic carbocycles. The summed E-state index contributed by atoms with van der Waals surface area (Å²) in [7, 11) is 1.62. The summed E-state index contributed by atoms with van der Waals surface area (Å²) in [5.41, 5.74) is 5.08. The molecule has 3 aromatic rings. The standard InChI is InChI=1S/C28H24Br2N2O2/c1-34-24-15-9-20(10-16-24)28(33)32-27(19-7-13-23(30)14-8-19)25-4-2-3-21(26(25)31-32)17-18-5-11-22(29)12-6-18/h5-17,25,27H,2-4H2,1H3. The lowest BCUT2D eigenvalue weighted by atomic mass is 9.77. The summed E-state index contributed by atoms with van der Waals surface area (Å²) in [6, 6.07) is 23.7. The number of ether oxygens (including phenoxy) is 1. The fourth-order valence-corrected chi connectivity index (χ4v) is 5.32. The maximum Gasteiger partial charge on any atom is 0.274 e. The predicted molar refractivity (Wildman–Crippen MR) is 143 cm³/mol. The number of hydrogen-bond donors (Lipinski definition) is 0. The van der Waals surface area contributed by atoms with Gasteiger partial charge in [-0.15, -0.1) is 0 Å². The number of hydrogen-bond acceptors (Lipinski definition) is 3. The van der Waals surface area contributed by atoms with Crippen LogP contribution in [-0.2, 0) is 0 Å². The minimum Gasteiger partial charge on any atom is -0.497 e. The highest BCUT2D eigenvalue weighted by Crippen LogP contribution is 2.45. The van der Waals surface area contributed by atoms with Crippen molar-refractivity contribution in [3.63, 3.8) is 0 Å². The third kappa shape index (κ3) is 4.62. The molecule has 0 N–H and O–H groups in total. The molecule has 172 valence electrons. The molecule has 5 rings (SSSR count). The third-order valence-corrected chi connectivity index (χ3v) is 7.53. The first-order valence-electron chi connectivity index (χ1n) is 11.3. The number of rotatable bonds is 4. The summed E-state index contributed by atoms with van der Waals surface area (Å²) in [5, 5.41) is 6.68.